The van der Waals surface area contributed by atoms with Crippen LogP contribution in [0.15, 0.2) is 47.5 Å². The van der Waals surface area contributed by atoms with Gasteiger partial charge in [-0.25, -0.2) is 9.97 Å². The molecule has 0 fully saturated rings. The predicted molar refractivity (Wildman–Crippen MR) is 72.2 cm³/mol. The van der Waals surface area contributed by atoms with E-state index in [0.717, 1.165) is 16.5 Å². The summed E-state index contributed by atoms with van der Waals surface area (Å²) >= 11 is 3.33. The summed E-state index contributed by atoms with van der Waals surface area (Å²) in [6.07, 6.45) is 5.71. The highest BCUT2D eigenvalue weighted by Gasteiger charge is 2.04. The molecule has 0 aliphatic rings. The molecule has 0 spiro atoms. The van der Waals surface area contributed by atoms with Crippen LogP contribution in [0, 0.1) is 0 Å². The zero-order valence-corrected chi connectivity index (χ0v) is 11.2. The molecule has 0 aliphatic heterocycles. The topological polar surface area (TPSA) is 54.9 Å². The van der Waals surface area contributed by atoms with Gasteiger partial charge in [0.25, 0.3) is 5.91 Å². The molecule has 0 unspecified atom stereocenters. The second kappa shape index (κ2) is 6.26. The van der Waals surface area contributed by atoms with E-state index in [1.807, 2.05) is 12.1 Å². The van der Waals surface area contributed by atoms with Gasteiger partial charge in [-0.15, -0.1) is 0 Å². The van der Waals surface area contributed by atoms with Crippen LogP contribution in [0.5, 0.6) is 0 Å². The van der Waals surface area contributed by atoms with E-state index in [1.165, 1.54) is 6.33 Å². The quantitative estimate of drug-likeness (QED) is 0.942. The minimum Gasteiger partial charge on any atom is -0.352 e. The maximum absolute atomic E-state index is 11.8. The van der Waals surface area contributed by atoms with Crippen LogP contribution in [-0.2, 0) is 6.42 Å². The summed E-state index contributed by atoms with van der Waals surface area (Å²) in [5.74, 6) is -0.0700. The Labute approximate surface area is 114 Å². The first-order chi connectivity index (χ1) is 8.75. The molecule has 2 rings (SSSR count). The number of rotatable bonds is 4. The number of carbonyl (C=O) groups is 1. The van der Waals surface area contributed by atoms with E-state index in [9.17, 15) is 4.79 Å². The van der Waals surface area contributed by atoms with Crippen molar-refractivity contribution in [1.82, 2.24) is 15.3 Å². The average molecular weight is 306 g/mol. The highest BCUT2D eigenvalue weighted by atomic mass is 79.9. The Hall–Kier alpha value is -1.75. The fourth-order valence-corrected chi connectivity index (χ4v) is 1.75. The summed E-state index contributed by atoms with van der Waals surface area (Å²) in [4.78, 5) is 19.6. The van der Waals surface area contributed by atoms with Gasteiger partial charge in [0.05, 0.1) is 0 Å². The minimum absolute atomic E-state index is 0.0700. The fourth-order valence-electron chi connectivity index (χ4n) is 1.48. The van der Waals surface area contributed by atoms with Gasteiger partial charge in [0.1, 0.15) is 6.33 Å². The second-order valence-corrected chi connectivity index (χ2v) is 4.68. The van der Waals surface area contributed by atoms with Crippen molar-refractivity contribution in [1.29, 1.82) is 0 Å². The predicted octanol–water partition coefficient (Wildman–Crippen LogP) is 2.21. The normalized spacial score (nSPS) is 10.1. The van der Waals surface area contributed by atoms with Crippen LogP contribution < -0.4 is 5.32 Å². The Morgan fingerprint density at radius 2 is 1.83 bits per heavy atom. The number of aromatic nitrogens is 2. The van der Waals surface area contributed by atoms with E-state index in [2.05, 4.69) is 31.2 Å². The van der Waals surface area contributed by atoms with Crippen molar-refractivity contribution in [2.75, 3.05) is 6.54 Å². The summed E-state index contributed by atoms with van der Waals surface area (Å²) < 4.78 is 0.959. The van der Waals surface area contributed by atoms with E-state index in [-0.39, 0.29) is 5.91 Å². The summed E-state index contributed by atoms with van der Waals surface area (Å²) in [7, 11) is 0. The Morgan fingerprint density at radius 1 is 1.17 bits per heavy atom. The number of halogens is 1. The van der Waals surface area contributed by atoms with E-state index in [1.54, 1.807) is 24.5 Å². The van der Waals surface area contributed by atoms with Gasteiger partial charge in [0, 0.05) is 29.0 Å². The molecule has 0 atom stereocenters. The molecule has 0 saturated carbocycles. The zero-order chi connectivity index (χ0) is 12.8. The number of hydrogen-bond donors (Lipinski definition) is 1. The minimum atomic E-state index is -0.0700. The lowest BCUT2D eigenvalue weighted by Crippen LogP contribution is -2.25. The van der Waals surface area contributed by atoms with E-state index in [0.29, 0.717) is 12.1 Å². The van der Waals surface area contributed by atoms with Gasteiger partial charge in [-0.1, -0.05) is 15.9 Å². The van der Waals surface area contributed by atoms with Gasteiger partial charge in [0.15, 0.2) is 0 Å². The van der Waals surface area contributed by atoms with Crippen LogP contribution in [-0.4, -0.2) is 22.4 Å². The SMILES string of the molecule is O=C(NCCc1cncnc1)c1ccc(Br)cc1. The molecule has 0 radical (unpaired) electrons. The standard InChI is InChI=1S/C13H12BrN3O/c14-12-3-1-11(2-4-12)13(18)17-6-5-10-7-15-9-16-8-10/h1-4,7-9H,5-6H2,(H,17,18). The first kappa shape index (κ1) is 12.7. The fraction of sp³-hybridized carbons (Fsp3) is 0.154. The van der Waals surface area contributed by atoms with Crippen molar-refractivity contribution in [3.8, 4) is 0 Å². The van der Waals surface area contributed by atoms with Crippen molar-refractivity contribution in [3.05, 3.63) is 58.6 Å². The van der Waals surface area contributed by atoms with Crippen molar-refractivity contribution in [2.24, 2.45) is 0 Å². The van der Waals surface area contributed by atoms with Crippen molar-refractivity contribution in [2.45, 2.75) is 6.42 Å². The number of carbonyl (C=O) groups excluding carboxylic acids is 1. The van der Waals surface area contributed by atoms with Gasteiger partial charge in [0.2, 0.25) is 0 Å². The van der Waals surface area contributed by atoms with Crippen LogP contribution in [0.1, 0.15) is 15.9 Å². The molecule has 18 heavy (non-hydrogen) atoms. The highest BCUT2D eigenvalue weighted by molar-refractivity contribution is 9.10. The van der Waals surface area contributed by atoms with Crippen LogP contribution in [0.3, 0.4) is 0 Å². The molecule has 1 aromatic carbocycles. The molecule has 1 N–H and O–H groups in total. The molecule has 1 amide bonds. The van der Waals surface area contributed by atoms with E-state index in [4.69, 9.17) is 0 Å². The smallest absolute Gasteiger partial charge is 0.251 e. The maximum atomic E-state index is 11.8. The first-order valence-corrected chi connectivity index (χ1v) is 6.32. The number of hydrogen-bond acceptors (Lipinski definition) is 3. The number of nitrogens with one attached hydrogen (secondary N) is 1. The largest absolute Gasteiger partial charge is 0.352 e. The molecule has 1 heterocycles. The monoisotopic (exact) mass is 305 g/mol. The second-order valence-electron chi connectivity index (χ2n) is 3.76. The number of benzene rings is 1. The van der Waals surface area contributed by atoms with Gasteiger partial charge in [-0.3, -0.25) is 4.79 Å². The molecular weight excluding hydrogens is 294 g/mol. The summed E-state index contributed by atoms with van der Waals surface area (Å²) in [6, 6.07) is 7.26. The summed E-state index contributed by atoms with van der Waals surface area (Å²) in [6.45, 7) is 0.572. The van der Waals surface area contributed by atoms with E-state index >= 15 is 0 Å². The molecule has 5 heteroatoms. The third-order valence-electron chi connectivity index (χ3n) is 2.42. The maximum Gasteiger partial charge on any atom is 0.251 e. The zero-order valence-electron chi connectivity index (χ0n) is 9.64. The third-order valence-corrected chi connectivity index (χ3v) is 2.95. The molecule has 0 saturated heterocycles. The Kier molecular flexibility index (Phi) is 4.41. The van der Waals surface area contributed by atoms with Crippen LogP contribution >= 0.6 is 15.9 Å². The Bertz CT molecular complexity index is 514. The number of nitrogens with zero attached hydrogens (tertiary/aromatic N) is 2. The lowest BCUT2D eigenvalue weighted by molar-refractivity contribution is 0.0954. The molecule has 0 aliphatic carbocycles. The molecule has 92 valence electrons. The Balaban J connectivity index is 1.84. The highest BCUT2D eigenvalue weighted by Crippen LogP contribution is 2.10. The van der Waals surface area contributed by atoms with Crippen LogP contribution in [0.4, 0.5) is 0 Å². The number of amides is 1. The molecule has 0 bridgehead atoms. The average Bonchev–Trinajstić information content (AvgIpc) is 2.40. The van der Waals surface area contributed by atoms with E-state index < -0.39 is 0 Å². The third kappa shape index (κ3) is 3.63. The molecule has 2 aromatic rings. The lowest BCUT2D eigenvalue weighted by atomic mass is 10.2. The van der Waals surface area contributed by atoms with Gasteiger partial charge < -0.3 is 5.32 Å². The lowest BCUT2D eigenvalue weighted by Gasteiger charge is -2.05. The van der Waals surface area contributed by atoms with Gasteiger partial charge in [-0.05, 0) is 36.2 Å². The first-order valence-electron chi connectivity index (χ1n) is 5.53. The van der Waals surface area contributed by atoms with Crippen molar-refractivity contribution < 1.29 is 4.79 Å². The van der Waals surface area contributed by atoms with Crippen molar-refractivity contribution >= 4 is 21.8 Å². The van der Waals surface area contributed by atoms with Crippen LogP contribution in [0.25, 0.3) is 0 Å². The van der Waals surface area contributed by atoms with Crippen LogP contribution in [0.2, 0.25) is 0 Å². The summed E-state index contributed by atoms with van der Waals surface area (Å²) in [5.41, 5.74) is 1.66. The Morgan fingerprint density at radius 3 is 2.50 bits per heavy atom. The van der Waals surface area contributed by atoms with Gasteiger partial charge in [-0.2, -0.15) is 0 Å². The molecule has 1 aromatic heterocycles. The molecular formula is C13H12BrN3O. The summed E-state index contributed by atoms with van der Waals surface area (Å²) in [5, 5.41) is 2.86. The molecule has 4 nitrogen and oxygen atoms in total. The van der Waals surface area contributed by atoms with Gasteiger partial charge >= 0.3 is 0 Å². The van der Waals surface area contributed by atoms with Crippen molar-refractivity contribution in [3.63, 3.8) is 0 Å².